The molecule has 0 saturated carbocycles. The van der Waals surface area contributed by atoms with Crippen molar-refractivity contribution in [3.8, 4) is 5.75 Å². The Hall–Kier alpha value is -2.57. The van der Waals surface area contributed by atoms with Crippen molar-refractivity contribution in [2.24, 2.45) is 10.2 Å². The van der Waals surface area contributed by atoms with Crippen molar-refractivity contribution in [2.75, 3.05) is 0 Å². The van der Waals surface area contributed by atoms with E-state index >= 15 is 0 Å². The van der Waals surface area contributed by atoms with Crippen LogP contribution in [0.4, 0.5) is 5.95 Å². The van der Waals surface area contributed by atoms with Crippen molar-refractivity contribution < 1.29 is 5.11 Å². The number of aromatic hydroxyl groups is 1. The Morgan fingerprint density at radius 1 is 1.33 bits per heavy atom. The number of phenols is 1. The molecule has 1 heterocycles. The number of aryl methyl sites for hydroxylation is 1. The molecule has 0 aliphatic rings. The normalized spacial score (nSPS) is 10.9. The summed E-state index contributed by atoms with van der Waals surface area (Å²) in [4.78, 5) is 13.7. The summed E-state index contributed by atoms with van der Waals surface area (Å²) >= 11 is 0. The summed E-state index contributed by atoms with van der Waals surface area (Å²) in [5.41, 5.74) is 0.569. The van der Waals surface area contributed by atoms with Crippen molar-refractivity contribution in [3.05, 3.63) is 45.9 Å². The van der Waals surface area contributed by atoms with Crippen molar-refractivity contribution in [1.82, 2.24) is 15.2 Å². The van der Waals surface area contributed by atoms with E-state index in [4.69, 9.17) is 0 Å². The van der Waals surface area contributed by atoms with Gasteiger partial charge in [0.15, 0.2) is 0 Å². The topological polar surface area (TPSA) is 104 Å². The molecule has 92 valence electrons. The monoisotopic (exact) mass is 245 g/mol. The molecule has 0 saturated heterocycles. The van der Waals surface area contributed by atoms with Gasteiger partial charge in [-0.05, 0) is 13.0 Å². The number of nitrogens with one attached hydrogen (secondary N) is 1. The van der Waals surface area contributed by atoms with Gasteiger partial charge in [0.1, 0.15) is 11.4 Å². The summed E-state index contributed by atoms with van der Waals surface area (Å²) in [5.74, 6) is 0.195. The highest BCUT2D eigenvalue weighted by molar-refractivity contribution is 5.31. The van der Waals surface area contributed by atoms with Crippen LogP contribution in [0.1, 0.15) is 11.3 Å². The van der Waals surface area contributed by atoms with Crippen molar-refractivity contribution in [2.45, 2.75) is 13.5 Å². The highest BCUT2D eigenvalue weighted by Gasteiger charge is 1.99. The number of benzene rings is 1. The number of H-pyrrole nitrogens is 1. The largest absolute Gasteiger partial charge is 0.508 e. The molecule has 0 aliphatic heterocycles. The minimum atomic E-state index is -0.346. The molecule has 7 heteroatoms. The first-order valence-electron chi connectivity index (χ1n) is 5.25. The smallest absolute Gasteiger partial charge is 0.274 e. The van der Waals surface area contributed by atoms with Crippen molar-refractivity contribution in [1.29, 1.82) is 0 Å². The number of nitrogens with zero attached hydrogens (tertiary/aromatic N) is 4. The first-order chi connectivity index (χ1) is 8.66. The number of rotatable bonds is 3. The molecule has 0 fully saturated rings. The lowest BCUT2D eigenvalue weighted by atomic mass is 10.2. The van der Waals surface area contributed by atoms with E-state index < -0.39 is 0 Å². The molecule has 2 aromatic rings. The summed E-state index contributed by atoms with van der Waals surface area (Å²) in [6, 6.07) is 6.81. The van der Waals surface area contributed by atoms with Gasteiger partial charge in [-0.3, -0.25) is 9.78 Å². The average Bonchev–Trinajstić information content (AvgIpc) is 2.36. The number of para-hydroxylation sites is 1. The highest BCUT2D eigenvalue weighted by atomic mass is 16.3. The van der Waals surface area contributed by atoms with Crippen LogP contribution in [0.3, 0.4) is 0 Å². The maximum atomic E-state index is 11.2. The molecule has 2 N–H and O–H groups in total. The number of hydrogen-bond acceptors (Lipinski definition) is 6. The van der Waals surface area contributed by atoms with Crippen LogP contribution >= 0.6 is 0 Å². The number of azo groups is 1. The molecule has 18 heavy (non-hydrogen) atoms. The number of aromatic amines is 1. The third-order valence-corrected chi connectivity index (χ3v) is 2.25. The summed E-state index contributed by atoms with van der Waals surface area (Å²) < 4.78 is 0. The quantitative estimate of drug-likeness (QED) is 0.799. The van der Waals surface area contributed by atoms with E-state index in [2.05, 4.69) is 25.4 Å². The fourth-order valence-electron chi connectivity index (χ4n) is 1.25. The third kappa shape index (κ3) is 2.76. The molecule has 0 radical (unpaired) electrons. The van der Waals surface area contributed by atoms with Crippen LogP contribution in [0.25, 0.3) is 0 Å². The number of phenolic OH excluding ortho intramolecular Hbond substituents is 1. The van der Waals surface area contributed by atoms with Gasteiger partial charge in [0.05, 0.1) is 6.54 Å². The molecule has 0 spiro atoms. The fourth-order valence-corrected chi connectivity index (χ4v) is 1.25. The first-order valence-corrected chi connectivity index (χ1v) is 5.25. The van der Waals surface area contributed by atoms with Crippen LogP contribution in [0.15, 0.2) is 39.3 Å². The van der Waals surface area contributed by atoms with Gasteiger partial charge in [-0.25, -0.2) is 0 Å². The van der Waals surface area contributed by atoms with Crippen LogP contribution < -0.4 is 5.56 Å². The minimum absolute atomic E-state index is 0.0426. The van der Waals surface area contributed by atoms with Gasteiger partial charge in [0, 0.05) is 5.56 Å². The molecule has 0 bridgehead atoms. The SMILES string of the molecule is Cc1nnc(N=NCc2ccccc2O)[nH]c1=O. The molecular formula is C11H11N5O2. The molecule has 1 aromatic carbocycles. The van der Waals surface area contributed by atoms with Gasteiger partial charge in [-0.15, -0.1) is 15.3 Å². The van der Waals surface area contributed by atoms with E-state index in [1.165, 1.54) is 0 Å². The summed E-state index contributed by atoms with van der Waals surface area (Å²) in [5, 5.41) is 24.4. The first kappa shape index (κ1) is 11.9. The Labute approximate surface area is 102 Å². The third-order valence-electron chi connectivity index (χ3n) is 2.25. The predicted molar refractivity (Wildman–Crippen MR) is 63.7 cm³/mol. The zero-order chi connectivity index (χ0) is 13.0. The Kier molecular flexibility index (Phi) is 3.42. The van der Waals surface area contributed by atoms with Gasteiger partial charge in [0.25, 0.3) is 11.5 Å². The van der Waals surface area contributed by atoms with E-state index in [1.54, 1.807) is 31.2 Å². The van der Waals surface area contributed by atoms with E-state index in [0.717, 1.165) is 0 Å². The molecule has 0 atom stereocenters. The second-order valence-corrected chi connectivity index (χ2v) is 3.59. The summed E-state index contributed by atoms with van der Waals surface area (Å²) in [7, 11) is 0. The van der Waals surface area contributed by atoms with Crippen molar-refractivity contribution >= 4 is 5.95 Å². The number of hydrogen-bond donors (Lipinski definition) is 2. The second-order valence-electron chi connectivity index (χ2n) is 3.59. The Morgan fingerprint density at radius 3 is 2.83 bits per heavy atom. The van der Waals surface area contributed by atoms with E-state index in [1.807, 2.05) is 0 Å². The zero-order valence-corrected chi connectivity index (χ0v) is 9.66. The summed E-state index contributed by atoms with van der Waals surface area (Å²) in [6.45, 7) is 1.75. The molecular weight excluding hydrogens is 234 g/mol. The predicted octanol–water partition coefficient (Wildman–Crippen LogP) is 1.46. The molecule has 7 nitrogen and oxygen atoms in total. The maximum Gasteiger partial charge on any atom is 0.274 e. The van der Waals surface area contributed by atoms with E-state index in [0.29, 0.717) is 5.56 Å². The maximum absolute atomic E-state index is 11.2. The Morgan fingerprint density at radius 2 is 2.11 bits per heavy atom. The Balaban J connectivity index is 2.10. The molecule has 0 aliphatic carbocycles. The standard InChI is InChI=1S/C11H11N5O2/c1-7-10(18)13-11(16-14-7)15-12-6-8-4-2-3-5-9(8)17/h2-5,17H,6H2,1H3,(H,13,16,18). The lowest BCUT2D eigenvalue weighted by Crippen LogP contribution is -2.12. The van der Waals surface area contributed by atoms with Gasteiger partial charge in [0.2, 0.25) is 0 Å². The zero-order valence-electron chi connectivity index (χ0n) is 9.66. The lowest BCUT2D eigenvalue weighted by molar-refractivity contribution is 0.468. The van der Waals surface area contributed by atoms with Crippen LogP contribution in [-0.2, 0) is 6.54 Å². The highest BCUT2D eigenvalue weighted by Crippen LogP contribution is 2.16. The molecule has 1 aromatic heterocycles. The summed E-state index contributed by atoms with van der Waals surface area (Å²) in [6.07, 6.45) is 0. The van der Waals surface area contributed by atoms with Crippen molar-refractivity contribution in [3.63, 3.8) is 0 Å². The van der Waals surface area contributed by atoms with Crippen LogP contribution in [0, 0.1) is 6.92 Å². The average molecular weight is 245 g/mol. The van der Waals surface area contributed by atoms with E-state index in [9.17, 15) is 9.90 Å². The molecule has 0 unspecified atom stereocenters. The minimum Gasteiger partial charge on any atom is -0.508 e. The molecule has 2 rings (SSSR count). The van der Waals surface area contributed by atoms with E-state index in [-0.39, 0.29) is 29.5 Å². The van der Waals surface area contributed by atoms with Gasteiger partial charge >= 0.3 is 0 Å². The second kappa shape index (κ2) is 5.17. The van der Waals surface area contributed by atoms with Crippen LogP contribution in [-0.4, -0.2) is 20.3 Å². The fraction of sp³-hybridized carbons (Fsp3) is 0.182. The lowest BCUT2D eigenvalue weighted by Gasteiger charge is -1.98. The van der Waals surface area contributed by atoms with Crippen LogP contribution in [0.5, 0.6) is 5.75 Å². The van der Waals surface area contributed by atoms with Crippen LogP contribution in [0.2, 0.25) is 0 Å². The Bertz CT molecular complexity index is 635. The van der Waals surface area contributed by atoms with Gasteiger partial charge in [-0.1, -0.05) is 18.2 Å². The van der Waals surface area contributed by atoms with Gasteiger partial charge in [-0.2, -0.15) is 5.11 Å². The molecule has 0 amide bonds. The van der Waals surface area contributed by atoms with Gasteiger partial charge < -0.3 is 5.11 Å². The number of aromatic nitrogens is 3.